The maximum absolute atomic E-state index is 12.8. The highest BCUT2D eigenvalue weighted by Gasteiger charge is 2.26. The Labute approximate surface area is 177 Å². The highest BCUT2D eigenvalue weighted by atomic mass is 16.1. The second kappa shape index (κ2) is 8.61. The van der Waals surface area contributed by atoms with Crippen molar-refractivity contribution in [1.82, 2.24) is 15.2 Å². The van der Waals surface area contributed by atoms with Crippen LogP contribution in [0.5, 0.6) is 0 Å². The average Bonchev–Trinajstić information content (AvgIpc) is 2.77. The molecule has 1 aliphatic heterocycles. The first-order valence-electron chi connectivity index (χ1n) is 10.4. The summed E-state index contributed by atoms with van der Waals surface area (Å²) in [7, 11) is 0. The van der Waals surface area contributed by atoms with Crippen LogP contribution in [0, 0.1) is 26.7 Å². The zero-order chi connectivity index (χ0) is 21.1. The highest BCUT2D eigenvalue weighted by Crippen LogP contribution is 2.27. The molecule has 2 aromatic heterocycles. The molecule has 30 heavy (non-hydrogen) atoms. The summed E-state index contributed by atoms with van der Waals surface area (Å²) in [4.78, 5) is 19.1. The fourth-order valence-corrected chi connectivity index (χ4v) is 4.14. The summed E-state index contributed by atoms with van der Waals surface area (Å²) in [6.45, 7) is 7.77. The summed E-state index contributed by atoms with van der Waals surface area (Å²) in [5.74, 6) is 0.992. The first-order valence-corrected chi connectivity index (χ1v) is 10.4. The van der Waals surface area contributed by atoms with Crippen molar-refractivity contribution in [2.45, 2.75) is 33.6 Å². The van der Waals surface area contributed by atoms with E-state index in [4.69, 9.17) is 0 Å². The number of piperidine rings is 1. The highest BCUT2D eigenvalue weighted by molar-refractivity contribution is 5.94. The van der Waals surface area contributed by atoms with E-state index >= 15 is 0 Å². The summed E-state index contributed by atoms with van der Waals surface area (Å²) >= 11 is 0. The zero-order valence-corrected chi connectivity index (χ0v) is 17.7. The topological polar surface area (TPSA) is 71.0 Å². The van der Waals surface area contributed by atoms with Crippen molar-refractivity contribution in [3.63, 3.8) is 0 Å². The summed E-state index contributed by atoms with van der Waals surface area (Å²) in [6, 6.07) is 12.1. The molecule has 1 fully saturated rings. The van der Waals surface area contributed by atoms with E-state index in [1.165, 1.54) is 5.56 Å². The molecule has 0 radical (unpaired) electrons. The number of aromatic nitrogens is 3. The van der Waals surface area contributed by atoms with Gasteiger partial charge in [-0.05, 0) is 69.0 Å². The Morgan fingerprint density at radius 3 is 2.23 bits per heavy atom. The molecule has 1 N–H and O–H groups in total. The third-order valence-electron chi connectivity index (χ3n) is 5.74. The fourth-order valence-electron chi connectivity index (χ4n) is 4.14. The summed E-state index contributed by atoms with van der Waals surface area (Å²) in [6.07, 6.45) is 5.12. The molecular weight excluding hydrogens is 374 g/mol. The van der Waals surface area contributed by atoms with Gasteiger partial charge >= 0.3 is 0 Å². The van der Waals surface area contributed by atoms with E-state index < -0.39 is 0 Å². The molecular formula is C24H27N5O. The van der Waals surface area contributed by atoms with Crippen LogP contribution in [0.15, 0.2) is 48.8 Å². The van der Waals surface area contributed by atoms with E-state index in [1.54, 1.807) is 12.4 Å². The maximum atomic E-state index is 12.8. The van der Waals surface area contributed by atoms with Gasteiger partial charge in [0.1, 0.15) is 0 Å². The monoisotopic (exact) mass is 401 g/mol. The number of nitrogens with one attached hydrogen (secondary N) is 1. The molecule has 0 atom stereocenters. The number of amides is 1. The first-order chi connectivity index (χ1) is 14.5. The van der Waals surface area contributed by atoms with Crippen LogP contribution in [0.4, 0.5) is 11.5 Å². The lowest BCUT2D eigenvalue weighted by atomic mass is 9.95. The SMILES string of the molecule is Cc1cc(C)c(NC(=O)C2CCN(c3ccc(-c4ccncc4)nn3)CC2)c(C)c1. The van der Waals surface area contributed by atoms with Crippen molar-refractivity contribution in [3.05, 3.63) is 65.5 Å². The van der Waals surface area contributed by atoms with Gasteiger partial charge in [-0.1, -0.05) is 17.7 Å². The van der Waals surface area contributed by atoms with Gasteiger partial charge in [-0.2, -0.15) is 0 Å². The number of rotatable bonds is 4. The molecule has 6 nitrogen and oxygen atoms in total. The molecule has 3 aromatic rings. The smallest absolute Gasteiger partial charge is 0.227 e. The van der Waals surface area contributed by atoms with Gasteiger partial charge in [0.15, 0.2) is 5.82 Å². The van der Waals surface area contributed by atoms with Gasteiger partial charge in [-0.3, -0.25) is 9.78 Å². The Morgan fingerprint density at radius 1 is 0.967 bits per heavy atom. The van der Waals surface area contributed by atoms with Crippen molar-refractivity contribution >= 4 is 17.4 Å². The molecule has 0 unspecified atom stereocenters. The van der Waals surface area contributed by atoms with E-state index in [0.29, 0.717) is 0 Å². The Bertz CT molecular complexity index is 1000. The van der Waals surface area contributed by atoms with Crippen molar-refractivity contribution in [2.24, 2.45) is 5.92 Å². The van der Waals surface area contributed by atoms with Crippen LogP contribution in [0.3, 0.4) is 0 Å². The number of aryl methyl sites for hydroxylation is 3. The minimum Gasteiger partial charge on any atom is -0.355 e. The number of anilines is 2. The number of hydrogen-bond donors (Lipinski definition) is 1. The lowest BCUT2D eigenvalue weighted by molar-refractivity contribution is -0.120. The van der Waals surface area contributed by atoms with Gasteiger partial charge in [0.05, 0.1) is 5.69 Å². The number of hydrogen-bond acceptors (Lipinski definition) is 5. The second-order valence-electron chi connectivity index (χ2n) is 8.04. The second-order valence-corrected chi connectivity index (χ2v) is 8.04. The van der Waals surface area contributed by atoms with E-state index in [0.717, 1.165) is 59.8 Å². The Morgan fingerprint density at radius 2 is 1.63 bits per heavy atom. The number of carbonyl (C=O) groups excluding carboxylic acids is 1. The van der Waals surface area contributed by atoms with Crippen molar-refractivity contribution in [1.29, 1.82) is 0 Å². The molecule has 1 aliphatic rings. The van der Waals surface area contributed by atoms with E-state index in [1.807, 2.05) is 38.1 Å². The first kappa shape index (κ1) is 20.0. The molecule has 0 spiro atoms. The van der Waals surface area contributed by atoms with Crippen LogP contribution in [0.1, 0.15) is 29.5 Å². The number of pyridine rings is 1. The molecule has 1 aromatic carbocycles. The zero-order valence-electron chi connectivity index (χ0n) is 17.7. The number of benzene rings is 1. The van der Waals surface area contributed by atoms with E-state index in [-0.39, 0.29) is 11.8 Å². The van der Waals surface area contributed by atoms with Gasteiger partial charge in [0.25, 0.3) is 0 Å². The average molecular weight is 402 g/mol. The third kappa shape index (κ3) is 4.32. The lowest BCUT2D eigenvalue weighted by Gasteiger charge is -2.32. The Hall–Kier alpha value is -3.28. The van der Waals surface area contributed by atoms with Crippen LogP contribution >= 0.6 is 0 Å². The summed E-state index contributed by atoms with van der Waals surface area (Å²) in [5, 5.41) is 11.9. The normalized spacial score (nSPS) is 14.6. The van der Waals surface area contributed by atoms with Crippen LogP contribution in [-0.4, -0.2) is 34.2 Å². The van der Waals surface area contributed by atoms with Crippen LogP contribution in [0.25, 0.3) is 11.3 Å². The van der Waals surface area contributed by atoms with Gasteiger partial charge < -0.3 is 10.2 Å². The number of nitrogens with zero attached hydrogens (tertiary/aromatic N) is 4. The minimum absolute atomic E-state index is 0.0189. The molecule has 1 saturated heterocycles. The van der Waals surface area contributed by atoms with E-state index in [9.17, 15) is 4.79 Å². The van der Waals surface area contributed by atoms with Gasteiger partial charge in [-0.15, -0.1) is 10.2 Å². The predicted molar refractivity (Wildman–Crippen MR) is 119 cm³/mol. The van der Waals surface area contributed by atoms with Gasteiger partial charge in [-0.25, -0.2) is 0 Å². The summed E-state index contributed by atoms with van der Waals surface area (Å²) in [5.41, 5.74) is 6.23. The standard InChI is InChI=1S/C24H27N5O/c1-16-14-17(2)23(18(3)15-16)26-24(30)20-8-12-29(13-9-20)22-5-4-21(27-28-22)19-6-10-25-11-7-19/h4-7,10-11,14-15,20H,8-9,12-13H2,1-3H3,(H,26,30). The maximum Gasteiger partial charge on any atom is 0.227 e. The van der Waals surface area contributed by atoms with E-state index in [2.05, 4.69) is 44.5 Å². The van der Waals surface area contributed by atoms with Crippen molar-refractivity contribution in [3.8, 4) is 11.3 Å². The fraction of sp³-hybridized carbons (Fsp3) is 0.333. The number of carbonyl (C=O) groups is 1. The molecule has 3 heterocycles. The third-order valence-corrected chi connectivity index (χ3v) is 5.74. The van der Waals surface area contributed by atoms with Gasteiger partial charge in [0.2, 0.25) is 5.91 Å². The van der Waals surface area contributed by atoms with Crippen LogP contribution < -0.4 is 10.2 Å². The van der Waals surface area contributed by atoms with Crippen molar-refractivity contribution in [2.75, 3.05) is 23.3 Å². The van der Waals surface area contributed by atoms with Gasteiger partial charge in [0, 0.05) is 42.7 Å². The Balaban J connectivity index is 1.36. The molecule has 6 heteroatoms. The molecule has 4 rings (SSSR count). The summed E-state index contributed by atoms with van der Waals surface area (Å²) < 4.78 is 0. The molecule has 1 amide bonds. The van der Waals surface area contributed by atoms with Crippen LogP contribution in [-0.2, 0) is 4.79 Å². The predicted octanol–water partition coefficient (Wildman–Crippen LogP) is 4.32. The quantitative estimate of drug-likeness (QED) is 0.705. The lowest BCUT2D eigenvalue weighted by Crippen LogP contribution is -2.38. The Kier molecular flexibility index (Phi) is 5.74. The molecule has 154 valence electrons. The molecule has 0 bridgehead atoms. The minimum atomic E-state index is 0.0189. The van der Waals surface area contributed by atoms with Crippen LogP contribution in [0.2, 0.25) is 0 Å². The largest absolute Gasteiger partial charge is 0.355 e. The molecule has 0 saturated carbocycles. The van der Waals surface area contributed by atoms with Crippen molar-refractivity contribution < 1.29 is 4.79 Å². The molecule has 0 aliphatic carbocycles.